The molecular weight excluding hydrogens is 388 g/mol. The minimum absolute atomic E-state index is 0.0516. The Balaban J connectivity index is 2.49. The van der Waals surface area contributed by atoms with Crippen LogP contribution < -0.4 is 25.8 Å². The van der Waals surface area contributed by atoms with Gasteiger partial charge in [-0.05, 0) is 11.4 Å². The second-order valence-corrected chi connectivity index (χ2v) is 7.44. The molecule has 1 aliphatic rings. The molecule has 27 heavy (non-hydrogen) atoms. The van der Waals surface area contributed by atoms with Gasteiger partial charge in [0.1, 0.15) is 15.0 Å². The lowest BCUT2D eigenvalue weighted by atomic mass is 9.88. The van der Waals surface area contributed by atoms with E-state index in [0.717, 1.165) is 26.9 Å². The van der Waals surface area contributed by atoms with Crippen LogP contribution in [0.15, 0.2) is 27.9 Å². The number of amides is 1. The zero-order valence-electron chi connectivity index (χ0n) is 14.3. The van der Waals surface area contributed by atoms with Gasteiger partial charge in [0.05, 0.1) is 30.2 Å². The largest absolute Gasteiger partial charge is 0.466 e. The van der Waals surface area contributed by atoms with E-state index in [1.165, 1.54) is 25.5 Å². The van der Waals surface area contributed by atoms with Crippen LogP contribution >= 0.6 is 22.7 Å². The maximum absolute atomic E-state index is 12.8. The molecule has 3 rings (SSSR count). The van der Waals surface area contributed by atoms with Crippen LogP contribution in [0, 0.1) is 11.3 Å². The molecule has 1 aliphatic heterocycles. The Morgan fingerprint density at radius 2 is 2.22 bits per heavy atom. The molecule has 8 nitrogen and oxygen atoms in total. The summed E-state index contributed by atoms with van der Waals surface area (Å²) < 4.78 is 6.02. The number of nitrogens with zero attached hydrogens (tertiary/aromatic N) is 2. The van der Waals surface area contributed by atoms with Gasteiger partial charge in [-0.15, -0.1) is 22.7 Å². The minimum atomic E-state index is -0.703. The summed E-state index contributed by atoms with van der Waals surface area (Å²) in [6, 6.07) is 5.64. The minimum Gasteiger partial charge on any atom is -0.466 e. The first kappa shape index (κ1) is 18.6. The number of carbonyl (C=O) groups is 2. The lowest BCUT2D eigenvalue weighted by Gasteiger charge is -2.23. The first-order valence-corrected chi connectivity index (χ1v) is 9.35. The van der Waals surface area contributed by atoms with Crippen molar-refractivity contribution < 1.29 is 14.3 Å². The van der Waals surface area contributed by atoms with Gasteiger partial charge in [-0.3, -0.25) is 14.2 Å². The van der Waals surface area contributed by atoms with Crippen LogP contribution in [0.1, 0.15) is 10.8 Å². The Morgan fingerprint density at radius 3 is 2.78 bits per heavy atom. The number of rotatable bonds is 3. The molecule has 1 amide bonds. The molecule has 0 radical (unpaired) electrons. The van der Waals surface area contributed by atoms with Gasteiger partial charge in [0, 0.05) is 18.0 Å². The van der Waals surface area contributed by atoms with Gasteiger partial charge in [0.25, 0.3) is 11.5 Å². The number of carbonyl (C=O) groups excluding carboxylic acids is 2. The van der Waals surface area contributed by atoms with Crippen LogP contribution in [0.4, 0.5) is 0 Å². The Morgan fingerprint density at radius 1 is 1.48 bits per heavy atom. The maximum Gasteiger partial charge on any atom is 0.332 e. The van der Waals surface area contributed by atoms with Gasteiger partial charge in [-0.2, -0.15) is 5.26 Å². The molecule has 1 atom stereocenters. The molecular formula is C17H14N4O4S2. The fourth-order valence-electron chi connectivity index (χ4n) is 2.81. The van der Waals surface area contributed by atoms with Gasteiger partial charge >= 0.3 is 5.97 Å². The number of nitrogens with one attached hydrogen (secondary N) is 1. The Hall–Kier alpha value is -3.16. The topological polar surface area (TPSA) is 127 Å². The second kappa shape index (κ2) is 7.22. The summed E-state index contributed by atoms with van der Waals surface area (Å²) >= 11 is 2.33. The highest BCUT2D eigenvalue weighted by atomic mass is 32.1. The predicted octanol–water partition coefficient (Wildman–Crippen LogP) is -0.730. The van der Waals surface area contributed by atoms with Gasteiger partial charge in [-0.1, -0.05) is 6.07 Å². The van der Waals surface area contributed by atoms with Gasteiger partial charge < -0.3 is 15.8 Å². The van der Waals surface area contributed by atoms with Crippen LogP contribution in [0.2, 0.25) is 0 Å². The fourth-order valence-corrected chi connectivity index (χ4v) is 4.79. The van der Waals surface area contributed by atoms with Crippen molar-refractivity contribution in [2.45, 2.75) is 5.92 Å². The van der Waals surface area contributed by atoms with Gasteiger partial charge in [-0.25, -0.2) is 4.79 Å². The highest BCUT2D eigenvalue weighted by Crippen LogP contribution is 2.38. The van der Waals surface area contributed by atoms with Crippen molar-refractivity contribution in [1.82, 2.24) is 9.88 Å². The summed E-state index contributed by atoms with van der Waals surface area (Å²) in [6.07, 6.45) is 1.04. The number of aromatic nitrogens is 1. The number of thiazole rings is 1. The van der Waals surface area contributed by atoms with E-state index in [1.807, 2.05) is 11.4 Å². The van der Waals surface area contributed by atoms with E-state index in [9.17, 15) is 19.6 Å². The van der Waals surface area contributed by atoms with E-state index in [1.54, 1.807) is 12.1 Å². The van der Waals surface area contributed by atoms with Crippen molar-refractivity contribution in [1.29, 1.82) is 5.26 Å². The van der Waals surface area contributed by atoms with E-state index in [4.69, 9.17) is 5.73 Å². The van der Waals surface area contributed by atoms with Crippen LogP contribution in [-0.4, -0.2) is 30.6 Å². The molecule has 0 aliphatic carbocycles. The van der Waals surface area contributed by atoms with Crippen molar-refractivity contribution >= 4 is 52.0 Å². The third-order valence-electron chi connectivity index (χ3n) is 4.02. The van der Waals surface area contributed by atoms with Crippen molar-refractivity contribution in [3.63, 3.8) is 0 Å². The number of ether oxygens (including phenoxy) is 1. The number of allylic oxidation sites excluding steroid dienone is 1. The number of thiophene rings is 1. The Labute approximate surface area is 161 Å². The first-order chi connectivity index (χ1) is 12.9. The fraction of sp³-hybridized carbons (Fsp3) is 0.176. The average molecular weight is 402 g/mol. The van der Waals surface area contributed by atoms with Crippen LogP contribution in [0.5, 0.6) is 0 Å². The van der Waals surface area contributed by atoms with Gasteiger partial charge in [0.2, 0.25) is 0 Å². The monoisotopic (exact) mass is 402 g/mol. The molecule has 0 aromatic carbocycles. The molecule has 0 saturated carbocycles. The van der Waals surface area contributed by atoms with Crippen molar-refractivity contribution in [3.8, 4) is 6.07 Å². The standard InChI is InChI=1S/C17H14N4O4S2/c1-20-15(23)13-12(9-4-3-5-26-9)8(7-18)14(19)21-16(24)10(27-17(13)21)6-11(22)25-2/h3-6,12H,19H2,1-2H3,(H,20,23)/b10-6-/t12-/m0/s1. The lowest BCUT2D eigenvalue weighted by molar-refractivity contribution is -0.133. The number of fused-ring (bicyclic) bond motifs is 1. The zero-order chi connectivity index (χ0) is 19.7. The summed E-state index contributed by atoms with van der Waals surface area (Å²) in [5, 5.41) is 14.1. The van der Waals surface area contributed by atoms with E-state index in [2.05, 4.69) is 10.1 Å². The van der Waals surface area contributed by atoms with Crippen LogP contribution in [-0.2, 0) is 14.3 Å². The molecule has 0 saturated heterocycles. The number of nitrogens with two attached hydrogens (primary N) is 1. The smallest absolute Gasteiger partial charge is 0.332 e. The molecule has 2 aromatic heterocycles. The lowest BCUT2D eigenvalue weighted by Crippen LogP contribution is -2.41. The first-order valence-electron chi connectivity index (χ1n) is 7.65. The van der Waals surface area contributed by atoms with E-state index in [0.29, 0.717) is 0 Å². The molecule has 10 heteroatoms. The summed E-state index contributed by atoms with van der Waals surface area (Å²) in [7, 11) is 2.66. The molecule has 0 fully saturated rings. The number of hydrogen-bond acceptors (Lipinski definition) is 8. The van der Waals surface area contributed by atoms with Crippen LogP contribution in [0.3, 0.4) is 0 Å². The molecule has 0 bridgehead atoms. The molecule has 138 valence electrons. The predicted molar refractivity (Wildman–Crippen MR) is 102 cm³/mol. The van der Waals surface area contributed by atoms with Gasteiger partial charge in [0.15, 0.2) is 0 Å². The summed E-state index contributed by atoms with van der Waals surface area (Å²) in [5.74, 6) is -1.89. The zero-order valence-corrected chi connectivity index (χ0v) is 15.9. The van der Waals surface area contributed by atoms with E-state index < -0.39 is 23.4 Å². The van der Waals surface area contributed by atoms with E-state index in [-0.39, 0.29) is 26.2 Å². The molecule has 2 aromatic rings. The normalized spacial score (nSPS) is 16.7. The summed E-state index contributed by atoms with van der Waals surface area (Å²) in [6.45, 7) is 0. The second-order valence-electron chi connectivity index (χ2n) is 5.43. The molecule has 3 heterocycles. The molecule has 0 spiro atoms. The quantitative estimate of drug-likeness (QED) is 0.652. The van der Waals surface area contributed by atoms with E-state index >= 15 is 0 Å². The third-order valence-corrected chi connectivity index (χ3v) is 6.06. The Bertz CT molecular complexity index is 1180. The Kier molecular flexibility index (Phi) is 4.98. The van der Waals surface area contributed by atoms with Crippen molar-refractivity contribution in [2.75, 3.05) is 14.2 Å². The highest BCUT2D eigenvalue weighted by Gasteiger charge is 2.35. The van der Waals surface area contributed by atoms with Crippen LogP contribution in [0.25, 0.3) is 17.5 Å². The number of nitriles is 1. The van der Waals surface area contributed by atoms with Crippen molar-refractivity contribution in [2.24, 2.45) is 5.73 Å². The average Bonchev–Trinajstić information content (AvgIpc) is 3.29. The van der Waals surface area contributed by atoms with Crippen molar-refractivity contribution in [3.05, 3.63) is 47.5 Å². The number of hydrogen-bond donors (Lipinski definition) is 2. The maximum atomic E-state index is 12.8. The molecule has 3 N–H and O–H groups in total. The summed E-state index contributed by atoms with van der Waals surface area (Å²) in [4.78, 5) is 37.8. The third kappa shape index (κ3) is 2.97. The number of esters is 1. The molecule has 0 unspecified atom stereocenters. The summed E-state index contributed by atoms with van der Waals surface area (Å²) in [5.41, 5.74) is 5.89. The SMILES string of the molecule is CNC(=O)C1=c2s/c(=C\C(=O)OC)c(=O)n2C(N)=C(C#N)[C@H]1c1cccs1. The highest BCUT2D eigenvalue weighted by molar-refractivity contribution is 7.10. The number of methoxy groups -OCH3 is 1.